The number of benzene rings is 2. The second kappa shape index (κ2) is 9.56. The lowest BCUT2D eigenvalue weighted by Crippen LogP contribution is -2.34. The van der Waals surface area contributed by atoms with E-state index in [1.54, 1.807) is 18.2 Å². The zero-order chi connectivity index (χ0) is 19.8. The zero-order valence-corrected chi connectivity index (χ0v) is 15.6. The van der Waals surface area contributed by atoms with Crippen molar-refractivity contribution < 1.29 is 23.5 Å². The summed E-state index contributed by atoms with van der Waals surface area (Å²) in [6.07, 6.45) is 0. The van der Waals surface area contributed by atoms with Gasteiger partial charge in [-0.25, -0.2) is 4.39 Å². The first kappa shape index (κ1) is 20.2. The number of carbonyl (C=O) groups is 2. The number of nitrogens with zero attached hydrogens (tertiary/aromatic N) is 1. The van der Waals surface area contributed by atoms with Crippen molar-refractivity contribution in [2.45, 2.75) is 13.8 Å². The molecule has 0 radical (unpaired) electrons. The van der Waals surface area contributed by atoms with Crippen LogP contribution in [-0.2, 0) is 4.79 Å². The third-order valence-corrected chi connectivity index (χ3v) is 3.65. The van der Waals surface area contributed by atoms with Crippen LogP contribution in [0.3, 0.4) is 0 Å². The number of hydrogen-bond acceptors (Lipinski definition) is 4. The molecule has 2 rings (SSSR count). The van der Waals surface area contributed by atoms with Gasteiger partial charge in [0, 0.05) is 18.3 Å². The van der Waals surface area contributed by atoms with E-state index in [0.717, 1.165) is 0 Å². The second-order valence-corrected chi connectivity index (χ2v) is 5.74. The van der Waals surface area contributed by atoms with Gasteiger partial charge < -0.3 is 19.7 Å². The van der Waals surface area contributed by atoms with Gasteiger partial charge in [0.05, 0.1) is 19.8 Å². The normalized spacial score (nSPS) is 10.2. The third kappa shape index (κ3) is 5.70. The zero-order valence-electron chi connectivity index (χ0n) is 15.6. The summed E-state index contributed by atoms with van der Waals surface area (Å²) in [5.41, 5.74) is 0.848. The van der Waals surface area contributed by atoms with Crippen molar-refractivity contribution in [1.29, 1.82) is 0 Å². The molecule has 0 unspecified atom stereocenters. The van der Waals surface area contributed by atoms with E-state index in [4.69, 9.17) is 9.47 Å². The highest BCUT2D eigenvalue weighted by Gasteiger charge is 2.17. The highest BCUT2D eigenvalue weighted by atomic mass is 19.1. The Morgan fingerprint density at radius 3 is 2.26 bits per heavy atom. The molecular weight excluding hydrogens is 351 g/mol. The Balaban J connectivity index is 2.04. The first-order valence-electron chi connectivity index (χ1n) is 8.65. The third-order valence-electron chi connectivity index (χ3n) is 3.65. The standard InChI is InChI=1S/C20H23FN2O4/c1-4-26-17-11-6-14(12-18(17)27-5-2)20(25)23(3)13-19(24)22-16-9-7-15(21)8-10-16/h6-12H,4-5,13H2,1-3H3,(H,22,24). The molecule has 0 saturated heterocycles. The molecule has 0 bridgehead atoms. The summed E-state index contributed by atoms with van der Waals surface area (Å²) in [6, 6.07) is 10.3. The van der Waals surface area contributed by atoms with Crippen molar-refractivity contribution in [3.8, 4) is 11.5 Å². The van der Waals surface area contributed by atoms with Crippen LogP contribution in [0.2, 0.25) is 0 Å². The largest absolute Gasteiger partial charge is 0.490 e. The van der Waals surface area contributed by atoms with Crippen LogP contribution < -0.4 is 14.8 Å². The SMILES string of the molecule is CCOc1ccc(C(=O)N(C)CC(=O)Nc2ccc(F)cc2)cc1OCC. The molecule has 2 aromatic rings. The van der Waals surface area contributed by atoms with Crippen molar-refractivity contribution in [3.05, 3.63) is 53.8 Å². The van der Waals surface area contributed by atoms with E-state index in [0.29, 0.717) is 36.0 Å². The Kier molecular flexibility index (Phi) is 7.16. The van der Waals surface area contributed by atoms with Crippen LogP contribution in [-0.4, -0.2) is 43.5 Å². The number of rotatable bonds is 8. The fraction of sp³-hybridized carbons (Fsp3) is 0.300. The van der Waals surface area contributed by atoms with Gasteiger partial charge in [-0.3, -0.25) is 9.59 Å². The van der Waals surface area contributed by atoms with Gasteiger partial charge in [-0.2, -0.15) is 0 Å². The summed E-state index contributed by atoms with van der Waals surface area (Å²) in [5.74, 6) is -0.0513. The lowest BCUT2D eigenvalue weighted by atomic mass is 10.1. The molecule has 27 heavy (non-hydrogen) atoms. The van der Waals surface area contributed by atoms with Crippen LogP contribution in [0.25, 0.3) is 0 Å². The van der Waals surface area contributed by atoms with E-state index >= 15 is 0 Å². The quantitative estimate of drug-likeness (QED) is 0.770. The molecule has 0 aliphatic heterocycles. The fourth-order valence-electron chi connectivity index (χ4n) is 2.43. The Morgan fingerprint density at radius 1 is 1.00 bits per heavy atom. The summed E-state index contributed by atoms with van der Waals surface area (Å²) in [4.78, 5) is 26.0. The lowest BCUT2D eigenvalue weighted by Gasteiger charge is -2.18. The predicted molar refractivity (Wildman–Crippen MR) is 101 cm³/mol. The van der Waals surface area contributed by atoms with Crippen molar-refractivity contribution in [3.63, 3.8) is 0 Å². The highest BCUT2D eigenvalue weighted by molar-refractivity contribution is 5.99. The van der Waals surface area contributed by atoms with Crippen molar-refractivity contribution in [2.24, 2.45) is 0 Å². The number of amides is 2. The number of carbonyl (C=O) groups excluding carboxylic acids is 2. The van der Waals surface area contributed by atoms with Gasteiger partial charge in [0.1, 0.15) is 5.82 Å². The molecule has 144 valence electrons. The summed E-state index contributed by atoms with van der Waals surface area (Å²) in [5, 5.41) is 2.62. The maximum atomic E-state index is 12.9. The van der Waals surface area contributed by atoms with E-state index in [-0.39, 0.29) is 24.2 Å². The average Bonchev–Trinajstić information content (AvgIpc) is 2.64. The van der Waals surface area contributed by atoms with Gasteiger partial charge in [0.2, 0.25) is 5.91 Å². The summed E-state index contributed by atoms with van der Waals surface area (Å²) in [7, 11) is 1.53. The topological polar surface area (TPSA) is 67.9 Å². The molecule has 0 aliphatic rings. The van der Waals surface area contributed by atoms with E-state index in [9.17, 15) is 14.0 Å². The number of nitrogens with one attached hydrogen (secondary N) is 1. The Bertz CT molecular complexity index is 793. The van der Waals surface area contributed by atoms with E-state index < -0.39 is 0 Å². The minimum absolute atomic E-state index is 0.145. The lowest BCUT2D eigenvalue weighted by molar-refractivity contribution is -0.116. The molecular formula is C20H23FN2O4. The van der Waals surface area contributed by atoms with Crippen LogP contribution in [0.4, 0.5) is 10.1 Å². The monoisotopic (exact) mass is 374 g/mol. The first-order valence-corrected chi connectivity index (χ1v) is 8.65. The van der Waals surface area contributed by atoms with E-state index in [1.165, 1.54) is 36.2 Å². The predicted octanol–water partition coefficient (Wildman–Crippen LogP) is 3.33. The van der Waals surface area contributed by atoms with Crippen molar-refractivity contribution >= 4 is 17.5 Å². The Morgan fingerprint density at radius 2 is 1.63 bits per heavy atom. The molecule has 0 atom stereocenters. The smallest absolute Gasteiger partial charge is 0.254 e. The van der Waals surface area contributed by atoms with Gasteiger partial charge in [-0.1, -0.05) is 0 Å². The molecule has 7 heteroatoms. The summed E-state index contributed by atoms with van der Waals surface area (Å²) < 4.78 is 23.9. The molecule has 0 heterocycles. The molecule has 0 aromatic heterocycles. The minimum atomic E-state index is -0.388. The van der Waals surface area contributed by atoms with Crippen molar-refractivity contribution in [1.82, 2.24) is 4.90 Å². The first-order chi connectivity index (χ1) is 12.9. The van der Waals surface area contributed by atoms with Crippen LogP contribution in [0.15, 0.2) is 42.5 Å². The van der Waals surface area contributed by atoms with Gasteiger partial charge in [0.15, 0.2) is 11.5 Å². The summed E-state index contributed by atoms with van der Waals surface area (Å²) in [6.45, 7) is 4.48. The number of likely N-dealkylation sites (N-methyl/N-ethyl adjacent to an activating group) is 1. The number of ether oxygens (including phenoxy) is 2. The molecule has 0 fully saturated rings. The minimum Gasteiger partial charge on any atom is -0.490 e. The molecule has 6 nitrogen and oxygen atoms in total. The van der Waals surface area contributed by atoms with Crippen molar-refractivity contribution in [2.75, 3.05) is 32.1 Å². The average molecular weight is 374 g/mol. The number of halogens is 1. The molecule has 2 aromatic carbocycles. The van der Waals surface area contributed by atoms with Crippen LogP contribution in [0.1, 0.15) is 24.2 Å². The number of hydrogen-bond donors (Lipinski definition) is 1. The Labute approximate surface area is 157 Å². The maximum Gasteiger partial charge on any atom is 0.254 e. The van der Waals surface area contributed by atoms with Crippen LogP contribution in [0, 0.1) is 5.82 Å². The highest BCUT2D eigenvalue weighted by Crippen LogP contribution is 2.29. The van der Waals surface area contributed by atoms with E-state index in [1.807, 2.05) is 13.8 Å². The molecule has 0 saturated carbocycles. The van der Waals surface area contributed by atoms with Gasteiger partial charge >= 0.3 is 0 Å². The van der Waals surface area contributed by atoms with Gasteiger partial charge in [0.25, 0.3) is 5.91 Å². The van der Waals surface area contributed by atoms with E-state index in [2.05, 4.69) is 5.32 Å². The summed E-state index contributed by atoms with van der Waals surface area (Å²) >= 11 is 0. The molecule has 0 spiro atoms. The van der Waals surface area contributed by atoms with Crippen LogP contribution in [0.5, 0.6) is 11.5 Å². The van der Waals surface area contributed by atoms with Gasteiger partial charge in [-0.05, 0) is 56.3 Å². The number of anilines is 1. The fourth-order valence-corrected chi connectivity index (χ4v) is 2.43. The van der Waals surface area contributed by atoms with Crippen LogP contribution >= 0.6 is 0 Å². The maximum absolute atomic E-state index is 12.9. The Hall–Kier alpha value is -3.09. The second-order valence-electron chi connectivity index (χ2n) is 5.74. The molecule has 1 N–H and O–H groups in total. The molecule has 0 aliphatic carbocycles. The van der Waals surface area contributed by atoms with Gasteiger partial charge in [-0.15, -0.1) is 0 Å². The molecule has 2 amide bonds.